The van der Waals surface area contributed by atoms with Gasteiger partial charge in [-0.15, -0.1) is 11.3 Å². The van der Waals surface area contributed by atoms with Crippen LogP contribution in [0.5, 0.6) is 0 Å². The lowest BCUT2D eigenvalue weighted by Gasteiger charge is -2.09. The minimum absolute atomic E-state index is 0.0679. The highest BCUT2D eigenvalue weighted by atomic mass is 32.1. The van der Waals surface area contributed by atoms with Crippen LogP contribution in [0.3, 0.4) is 0 Å². The van der Waals surface area contributed by atoms with Crippen molar-refractivity contribution in [2.24, 2.45) is 0 Å². The van der Waals surface area contributed by atoms with Gasteiger partial charge in [-0.25, -0.2) is 4.98 Å². The van der Waals surface area contributed by atoms with Gasteiger partial charge < -0.3 is 0 Å². The molecule has 0 unspecified atom stereocenters. The summed E-state index contributed by atoms with van der Waals surface area (Å²) in [6.07, 6.45) is 3.58. The number of nitrogens with zero attached hydrogens (tertiary/aromatic N) is 2. The lowest BCUT2D eigenvalue weighted by molar-refractivity contribution is 0.618. The third-order valence-corrected chi connectivity index (χ3v) is 6.24. The molecule has 2 aromatic carbocycles. The van der Waals surface area contributed by atoms with Gasteiger partial charge in [0.2, 0.25) is 0 Å². The minimum atomic E-state index is 0.0679. The fourth-order valence-corrected chi connectivity index (χ4v) is 4.72. The average molecular weight is 389 g/mol. The lowest BCUT2D eigenvalue weighted by atomic mass is 9.97. The average Bonchev–Trinajstić information content (AvgIpc) is 3.03. The summed E-state index contributed by atoms with van der Waals surface area (Å²) >= 11 is 1.61. The highest BCUT2D eigenvalue weighted by Gasteiger charge is 2.18. The Morgan fingerprint density at radius 2 is 1.82 bits per heavy atom. The largest absolute Gasteiger partial charge is 0.299 e. The van der Waals surface area contributed by atoms with E-state index in [0.717, 1.165) is 39.1 Å². The van der Waals surface area contributed by atoms with E-state index in [1.807, 2.05) is 6.07 Å². The topological polar surface area (TPSA) is 34.9 Å². The maximum atomic E-state index is 13.3. The molecule has 4 rings (SSSR count). The lowest BCUT2D eigenvalue weighted by Crippen LogP contribution is -2.20. The third-order valence-electron chi connectivity index (χ3n) is 5.22. The molecule has 0 spiro atoms. The monoisotopic (exact) mass is 388 g/mol. The summed E-state index contributed by atoms with van der Waals surface area (Å²) in [6.45, 7) is 6.96. The van der Waals surface area contributed by atoms with Crippen LogP contribution < -0.4 is 5.56 Å². The van der Waals surface area contributed by atoms with E-state index in [4.69, 9.17) is 0 Å². The number of aromatic nitrogens is 2. The van der Waals surface area contributed by atoms with Crippen LogP contribution in [0.2, 0.25) is 0 Å². The first kappa shape index (κ1) is 18.6. The summed E-state index contributed by atoms with van der Waals surface area (Å²) in [5.74, 6) is 0. The van der Waals surface area contributed by atoms with Crippen molar-refractivity contribution in [3.63, 3.8) is 0 Å². The molecule has 0 fully saturated rings. The van der Waals surface area contributed by atoms with Crippen molar-refractivity contribution in [3.05, 3.63) is 86.8 Å². The first-order valence-corrected chi connectivity index (χ1v) is 10.5. The van der Waals surface area contributed by atoms with Gasteiger partial charge >= 0.3 is 0 Å². The zero-order valence-corrected chi connectivity index (χ0v) is 17.3. The van der Waals surface area contributed by atoms with Gasteiger partial charge in [0.1, 0.15) is 4.83 Å². The molecule has 4 heteroatoms. The molecule has 0 amide bonds. The zero-order valence-electron chi connectivity index (χ0n) is 16.5. The highest BCUT2D eigenvalue weighted by molar-refractivity contribution is 7.19. The second-order valence-corrected chi connectivity index (χ2v) is 8.57. The molecule has 0 aliphatic rings. The van der Waals surface area contributed by atoms with Gasteiger partial charge in [0.15, 0.2) is 0 Å². The van der Waals surface area contributed by atoms with Crippen LogP contribution >= 0.6 is 11.3 Å². The molecule has 0 saturated carbocycles. The Labute approximate surface area is 169 Å². The van der Waals surface area contributed by atoms with Crippen LogP contribution in [-0.4, -0.2) is 9.55 Å². The predicted octanol–water partition coefficient (Wildman–Crippen LogP) is 5.68. The Bertz CT molecular complexity index is 1190. The summed E-state index contributed by atoms with van der Waals surface area (Å²) in [5.41, 5.74) is 5.95. The number of hydrogen-bond acceptors (Lipinski definition) is 3. The van der Waals surface area contributed by atoms with Crippen LogP contribution in [-0.2, 0) is 13.0 Å². The van der Waals surface area contributed by atoms with Gasteiger partial charge in [0, 0.05) is 17.0 Å². The molecule has 0 aliphatic carbocycles. The molecular weight excluding hydrogens is 364 g/mol. The molecule has 0 radical (unpaired) electrons. The Morgan fingerprint density at radius 3 is 2.61 bits per heavy atom. The molecule has 3 nitrogen and oxygen atoms in total. The number of hydrogen-bond donors (Lipinski definition) is 0. The molecule has 4 aromatic rings. The molecule has 0 saturated heterocycles. The van der Waals surface area contributed by atoms with E-state index in [1.165, 1.54) is 16.7 Å². The van der Waals surface area contributed by atoms with Gasteiger partial charge in [0.25, 0.3) is 5.56 Å². The van der Waals surface area contributed by atoms with Crippen LogP contribution in [0.1, 0.15) is 28.0 Å². The van der Waals surface area contributed by atoms with Gasteiger partial charge in [0.05, 0.1) is 11.7 Å². The van der Waals surface area contributed by atoms with Crippen LogP contribution in [0, 0.1) is 20.8 Å². The first-order chi connectivity index (χ1) is 13.5. The molecular formula is C24H24N2OS. The quantitative estimate of drug-likeness (QED) is 0.441. The maximum Gasteiger partial charge on any atom is 0.262 e. The van der Waals surface area contributed by atoms with E-state index in [1.54, 1.807) is 22.2 Å². The summed E-state index contributed by atoms with van der Waals surface area (Å²) < 4.78 is 1.77. The first-order valence-electron chi connectivity index (χ1n) is 9.64. The SMILES string of the molecule is Cc1ccc(C)c(-c2c(C)sc3ncn(CCCc4ccccc4)c(=O)c23)c1. The van der Waals surface area contributed by atoms with E-state index in [0.29, 0.717) is 6.54 Å². The summed E-state index contributed by atoms with van der Waals surface area (Å²) in [5, 5.41) is 0.762. The Kier molecular flexibility index (Phi) is 5.14. The predicted molar refractivity (Wildman–Crippen MR) is 118 cm³/mol. The summed E-state index contributed by atoms with van der Waals surface area (Å²) in [4.78, 5) is 19.9. The van der Waals surface area contributed by atoms with E-state index >= 15 is 0 Å². The van der Waals surface area contributed by atoms with Gasteiger partial charge in [-0.3, -0.25) is 9.36 Å². The van der Waals surface area contributed by atoms with Crippen molar-refractivity contribution in [1.29, 1.82) is 0 Å². The molecule has 142 valence electrons. The van der Waals surface area contributed by atoms with E-state index < -0.39 is 0 Å². The van der Waals surface area contributed by atoms with E-state index in [-0.39, 0.29) is 5.56 Å². The molecule has 0 aliphatic heterocycles. The molecule has 0 atom stereocenters. The molecule has 28 heavy (non-hydrogen) atoms. The Morgan fingerprint density at radius 1 is 1.04 bits per heavy atom. The standard InChI is InChI=1S/C24H24N2OS/c1-16-11-12-17(2)20(14-16)21-18(3)28-23-22(21)24(27)26(15-25-23)13-7-10-19-8-5-4-6-9-19/h4-6,8-9,11-12,14-15H,7,10,13H2,1-3H3. The van der Waals surface area contributed by atoms with Crippen molar-refractivity contribution in [3.8, 4) is 11.1 Å². The number of thiophene rings is 1. The zero-order chi connectivity index (χ0) is 19.7. The summed E-state index contributed by atoms with van der Waals surface area (Å²) in [6, 6.07) is 16.8. The van der Waals surface area contributed by atoms with E-state index in [2.05, 4.69) is 68.2 Å². The number of aryl methyl sites for hydroxylation is 5. The Hall–Kier alpha value is -2.72. The van der Waals surface area contributed by atoms with Crippen LogP contribution in [0.15, 0.2) is 59.7 Å². The highest BCUT2D eigenvalue weighted by Crippen LogP contribution is 2.37. The van der Waals surface area contributed by atoms with Gasteiger partial charge in [-0.05, 0) is 50.3 Å². The van der Waals surface area contributed by atoms with Crippen LogP contribution in [0.25, 0.3) is 21.3 Å². The van der Waals surface area contributed by atoms with Crippen molar-refractivity contribution >= 4 is 21.6 Å². The molecule has 2 heterocycles. The van der Waals surface area contributed by atoms with Gasteiger partial charge in [-0.1, -0.05) is 54.1 Å². The number of rotatable bonds is 5. The molecule has 2 aromatic heterocycles. The molecule has 0 bridgehead atoms. The normalized spacial score (nSPS) is 11.2. The fourth-order valence-electron chi connectivity index (χ4n) is 3.72. The minimum Gasteiger partial charge on any atom is -0.299 e. The summed E-state index contributed by atoms with van der Waals surface area (Å²) in [7, 11) is 0. The molecule has 0 N–H and O–H groups in total. The van der Waals surface area contributed by atoms with Gasteiger partial charge in [-0.2, -0.15) is 0 Å². The van der Waals surface area contributed by atoms with Crippen molar-refractivity contribution in [1.82, 2.24) is 9.55 Å². The second kappa shape index (κ2) is 7.72. The van der Waals surface area contributed by atoms with Crippen molar-refractivity contribution in [2.75, 3.05) is 0 Å². The third kappa shape index (κ3) is 3.52. The second-order valence-electron chi connectivity index (χ2n) is 7.36. The van der Waals surface area contributed by atoms with Crippen molar-refractivity contribution < 1.29 is 0 Å². The number of benzene rings is 2. The number of fused-ring (bicyclic) bond motifs is 1. The maximum absolute atomic E-state index is 13.3. The Balaban J connectivity index is 1.72. The van der Waals surface area contributed by atoms with Crippen LogP contribution in [0.4, 0.5) is 0 Å². The smallest absolute Gasteiger partial charge is 0.262 e. The fraction of sp³-hybridized carbons (Fsp3) is 0.250. The van der Waals surface area contributed by atoms with E-state index in [9.17, 15) is 4.79 Å². The van der Waals surface area contributed by atoms with Crippen molar-refractivity contribution in [2.45, 2.75) is 40.2 Å².